The molecule has 1 aliphatic heterocycles. The van der Waals surface area contributed by atoms with E-state index in [1.165, 1.54) is 17.4 Å². The molecule has 11 nitrogen and oxygen atoms in total. The van der Waals surface area contributed by atoms with Crippen LogP contribution in [0.1, 0.15) is 102 Å². The minimum absolute atomic E-state index is 0.0591. The van der Waals surface area contributed by atoms with Gasteiger partial charge in [-0.3, -0.25) is 28.8 Å². The largest absolute Gasteiger partial charge is 0.346 e. The number of Topliss-reactive ketones (excluding diaryl/α,β-unsaturated/α-hetero) is 1. The number of piperidine rings is 1. The quantitative estimate of drug-likeness (QED) is 0.160. The number of nitrogens with zero attached hydrogens (tertiary/aromatic N) is 1. The summed E-state index contributed by atoms with van der Waals surface area (Å²) in [7, 11) is 0. The van der Waals surface area contributed by atoms with E-state index in [4.69, 9.17) is 0 Å². The van der Waals surface area contributed by atoms with E-state index < -0.39 is 53.1 Å². The summed E-state index contributed by atoms with van der Waals surface area (Å²) in [5.74, 6) is -2.82. The predicted octanol–water partition coefficient (Wildman–Crippen LogP) is 3.99. The number of fused-ring (bicyclic) bond motifs is 1. The molecule has 4 fully saturated rings. The Morgan fingerprint density at radius 2 is 1.74 bits per heavy atom. The molecule has 274 valence electrons. The average molecular weight is 710 g/mol. The van der Waals surface area contributed by atoms with Crippen LogP contribution in [0.25, 0.3) is 0 Å². The number of ketones is 1. The van der Waals surface area contributed by atoms with Crippen LogP contribution in [0, 0.1) is 34.5 Å². The summed E-state index contributed by atoms with van der Waals surface area (Å²) < 4.78 is 0. The van der Waals surface area contributed by atoms with E-state index in [-0.39, 0.29) is 47.4 Å². The molecule has 1 aromatic rings. The zero-order chi connectivity index (χ0) is 36.4. The molecule has 5 amide bonds. The number of carbonyl (C=O) groups is 6. The van der Waals surface area contributed by atoms with Gasteiger partial charge in [0.2, 0.25) is 23.5 Å². The van der Waals surface area contributed by atoms with Crippen molar-refractivity contribution in [2.45, 2.75) is 117 Å². The van der Waals surface area contributed by atoms with Crippen molar-refractivity contribution < 1.29 is 28.8 Å². The van der Waals surface area contributed by atoms with Crippen LogP contribution in [0.15, 0.2) is 30.2 Å². The molecule has 3 unspecified atom stereocenters. The molecule has 2 heterocycles. The smallest absolute Gasteiger partial charge is 0.289 e. The van der Waals surface area contributed by atoms with Gasteiger partial charge >= 0.3 is 0 Å². The third-order valence-corrected chi connectivity index (χ3v) is 12.5. The highest BCUT2D eigenvalue weighted by Gasteiger charge is 2.71. The Kier molecular flexibility index (Phi) is 11.6. The molecule has 1 aromatic heterocycles. The third-order valence-electron chi connectivity index (χ3n) is 11.7. The number of thiophene rings is 1. The minimum atomic E-state index is -0.997. The summed E-state index contributed by atoms with van der Waals surface area (Å²) in [6.07, 6.45) is 9.17. The fraction of sp³-hybridized carbons (Fsp3) is 0.684. The molecule has 50 heavy (non-hydrogen) atoms. The lowest BCUT2D eigenvalue weighted by Gasteiger charge is -2.39. The molecule has 0 spiro atoms. The van der Waals surface area contributed by atoms with Gasteiger partial charge in [-0.05, 0) is 65.2 Å². The Bertz CT molecular complexity index is 1460. The number of hydrogen-bond acceptors (Lipinski definition) is 7. The van der Waals surface area contributed by atoms with Crippen LogP contribution < -0.4 is 21.3 Å². The van der Waals surface area contributed by atoms with Crippen LogP contribution in [0.3, 0.4) is 0 Å². The summed E-state index contributed by atoms with van der Waals surface area (Å²) in [4.78, 5) is 84.3. The number of carbonyl (C=O) groups excluding carboxylic acids is 6. The molecular weight excluding hydrogens is 655 g/mol. The van der Waals surface area contributed by atoms with E-state index in [9.17, 15) is 28.8 Å². The maximum absolute atomic E-state index is 14.7. The Labute approximate surface area is 300 Å². The zero-order valence-corrected chi connectivity index (χ0v) is 31.0. The summed E-state index contributed by atoms with van der Waals surface area (Å²) >= 11 is 1.31. The molecular formula is C38H55N5O6S. The predicted molar refractivity (Wildman–Crippen MR) is 192 cm³/mol. The van der Waals surface area contributed by atoms with Gasteiger partial charge in [0.1, 0.15) is 18.1 Å². The van der Waals surface area contributed by atoms with Crippen molar-refractivity contribution in [1.82, 2.24) is 26.2 Å². The molecule has 12 heteroatoms. The lowest BCUT2D eigenvalue weighted by molar-refractivity contribution is -0.147. The van der Waals surface area contributed by atoms with Crippen LogP contribution in [-0.2, 0) is 24.0 Å². The maximum Gasteiger partial charge on any atom is 0.289 e. The van der Waals surface area contributed by atoms with Gasteiger partial charge in [0, 0.05) is 13.1 Å². The molecule has 1 saturated heterocycles. The maximum atomic E-state index is 14.7. The number of hydrogen-bond donors (Lipinski definition) is 4. The van der Waals surface area contributed by atoms with E-state index in [1.54, 1.807) is 17.0 Å². The Balaban J connectivity index is 1.38. The van der Waals surface area contributed by atoms with Gasteiger partial charge in [0.25, 0.3) is 11.8 Å². The van der Waals surface area contributed by atoms with E-state index in [1.807, 2.05) is 26.2 Å². The highest BCUT2D eigenvalue weighted by Crippen LogP contribution is 2.67. The second-order valence-electron chi connectivity index (χ2n) is 16.2. The van der Waals surface area contributed by atoms with E-state index >= 15 is 0 Å². The lowest BCUT2D eigenvalue weighted by Crippen LogP contribution is -2.63. The molecule has 0 radical (unpaired) electrons. The van der Waals surface area contributed by atoms with E-state index in [0.717, 1.165) is 51.4 Å². The first kappa shape index (κ1) is 37.7. The minimum Gasteiger partial charge on any atom is -0.346 e. The molecule has 7 atom stereocenters. The van der Waals surface area contributed by atoms with Crippen molar-refractivity contribution >= 4 is 46.7 Å². The summed E-state index contributed by atoms with van der Waals surface area (Å²) in [5, 5.41) is 13.3. The van der Waals surface area contributed by atoms with Crippen molar-refractivity contribution in [2.75, 3.05) is 13.1 Å². The van der Waals surface area contributed by atoms with Gasteiger partial charge in [-0.15, -0.1) is 17.9 Å². The van der Waals surface area contributed by atoms with Gasteiger partial charge < -0.3 is 26.2 Å². The van der Waals surface area contributed by atoms with Gasteiger partial charge in [0.15, 0.2) is 0 Å². The highest BCUT2D eigenvalue weighted by atomic mass is 32.1. The topological polar surface area (TPSA) is 154 Å². The molecule has 5 rings (SSSR count). The monoisotopic (exact) mass is 709 g/mol. The fourth-order valence-electron chi connectivity index (χ4n) is 8.27. The Morgan fingerprint density at radius 3 is 2.32 bits per heavy atom. The van der Waals surface area contributed by atoms with Crippen LogP contribution >= 0.6 is 11.3 Å². The molecule has 3 aliphatic carbocycles. The van der Waals surface area contributed by atoms with Crippen LogP contribution in [-0.4, -0.2) is 77.5 Å². The van der Waals surface area contributed by atoms with Gasteiger partial charge in [-0.25, -0.2) is 0 Å². The third kappa shape index (κ3) is 8.16. The van der Waals surface area contributed by atoms with Gasteiger partial charge in [-0.1, -0.05) is 85.3 Å². The second kappa shape index (κ2) is 15.4. The van der Waals surface area contributed by atoms with Gasteiger partial charge in [0.05, 0.1) is 10.9 Å². The summed E-state index contributed by atoms with van der Waals surface area (Å²) in [5.41, 5.74) is -0.869. The normalized spacial score (nSPS) is 26.5. The molecule has 0 bridgehead atoms. The second-order valence-corrected chi connectivity index (χ2v) is 17.1. The van der Waals surface area contributed by atoms with Crippen LogP contribution in [0.5, 0.6) is 0 Å². The van der Waals surface area contributed by atoms with Crippen molar-refractivity contribution in [3.8, 4) is 0 Å². The van der Waals surface area contributed by atoms with E-state index in [2.05, 4.69) is 41.7 Å². The SMILES string of the molecule is C=CCNC(=O)C(=O)C(CC1CC1)NC(=O)C1[C@@H]2C(CN1C(=O)[C@@H](NC(=O)[C@@H](NC(=O)c1cccs1)C1CCCCC1)C(C)(C)C)[C@]2(C)CC. The lowest BCUT2D eigenvalue weighted by atomic mass is 9.82. The first-order valence-electron chi connectivity index (χ1n) is 18.4. The van der Waals surface area contributed by atoms with Crippen LogP contribution in [0.4, 0.5) is 0 Å². The summed E-state index contributed by atoms with van der Waals surface area (Å²) in [6, 6.07) is -0.113. The van der Waals surface area contributed by atoms with Crippen molar-refractivity contribution in [3.63, 3.8) is 0 Å². The van der Waals surface area contributed by atoms with Crippen molar-refractivity contribution in [3.05, 3.63) is 35.0 Å². The standard InChI is InChI=1S/C38H55N5O6S/c1-7-18-39-35(48)30(44)25(20-22-16-17-22)40-34(47)29-27-24(38(27,6)8-2)21-43(29)36(49)31(37(3,4)5)42-33(46)28(23-13-10-9-11-14-23)41-32(45)26-15-12-19-50-26/h7,12,15,19,22-25,27-29,31H,1,8-11,13-14,16-18,20-21H2,2-6H3,(H,39,48)(H,40,47)(H,41,45)(H,42,46)/t24?,25?,27-,28-,29?,31+,38-/m0/s1. The van der Waals surface area contributed by atoms with Gasteiger partial charge in [-0.2, -0.15) is 0 Å². The molecule has 4 aliphatic rings. The summed E-state index contributed by atoms with van der Waals surface area (Å²) in [6.45, 7) is 13.9. The number of amides is 5. The number of nitrogens with one attached hydrogen (secondary N) is 4. The molecule has 3 saturated carbocycles. The number of likely N-dealkylation sites (tertiary alicyclic amines) is 1. The van der Waals surface area contributed by atoms with E-state index in [0.29, 0.717) is 17.8 Å². The Hall–Kier alpha value is -3.54. The first-order chi connectivity index (χ1) is 23.7. The first-order valence-corrected chi connectivity index (χ1v) is 19.3. The van der Waals surface area contributed by atoms with Crippen molar-refractivity contribution in [1.29, 1.82) is 0 Å². The average Bonchev–Trinajstić information content (AvgIpc) is 3.82. The fourth-order valence-corrected chi connectivity index (χ4v) is 8.90. The van der Waals surface area contributed by atoms with Crippen LogP contribution in [0.2, 0.25) is 0 Å². The zero-order valence-electron chi connectivity index (χ0n) is 30.2. The highest BCUT2D eigenvalue weighted by molar-refractivity contribution is 7.12. The molecule has 0 aromatic carbocycles. The number of rotatable bonds is 15. The Morgan fingerprint density at radius 1 is 1.04 bits per heavy atom. The molecule has 4 N–H and O–H groups in total. The van der Waals surface area contributed by atoms with Crippen molar-refractivity contribution in [2.24, 2.45) is 34.5 Å².